The predicted molar refractivity (Wildman–Crippen MR) is 94.2 cm³/mol. The minimum Gasteiger partial charge on any atom is -0.481 e. The van der Waals surface area contributed by atoms with Crippen LogP contribution in [0.25, 0.3) is 11.0 Å². The number of rotatable bonds is 4. The van der Waals surface area contributed by atoms with Crippen LogP contribution in [0.2, 0.25) is 0 Å². The SMILES string of the molecule is COc1ccc(CNC(=O)c2cnc3c(c2)c(=O)n(C)c(=O)n3C)cn1. The molecule has 3 rings (SSSR count). The number of hydrogen-bond acceptors (Lipinski definition) is 6. The number of ether oxygens (including phenoxy) is 1. The lowest BCUT2D eigenvalue weighted by atomic mass is 10.2. The van der Waals surface area contributed by atoms with E-state index in [1.165, 1.54) is 38.0 Å². The number of carbonyl (C=O) groups is 1. The van der Waals surface area contributed by atoms with Gasteiger partial charge in [0.15, 0.2) is 0 Å². The first kappa shape index (κ1) is 17.3. The van der Waals surface area contributed by atoms with Crippen molar-refractivity contribution in [2.45, 2.75) is 6.54 Å². The van der Waals surface area contributed by atoms with E-state index in [2.05, 4.69) is 15.3 Å². The number of pyridine rings is 2. The molecule has 0 radical (unpaired) electrons. The van der Waals surface area contributed by atoms with Crippen molar-refractivity contribution >= 4 is 16.9 Å². The topological polar surface area (TPSA) is 108 Å². The Balaban J connectivity index is 1.86. The lowest BCUT2D eigenvalue weighted by Crippen LogP contribution is -2.37. The lowest BCUT2D eigenvalue weighted by molar-refractivity contribution is 0.0950. The Morgan fingerprint density at radius 2 is 1.92 bits per heavy atom. The van der Waals surface area contributed by atoms with Crippen LogP contribution < -0.4 is 21.3 Å². The normalized spacial score (nSPS) is 10.7. The summed E-state index contributed by atoms with van der Waals surface area (Å²) >= 11 is 0. The van der Waals surface area contributed by atoms with Crippen LogP contribution in [0.5, 0.6) is 5.88 Å². The molecular formula is C17H17N5O4. The fourth-order valence-electron chi connectivity index (χ4n) is 2.51. The Kier molecular flexibility index (Phi) is 4.53. The van der Waals surface area contributed by atoms with E-state index in [1.54, 1.807) is 18.3 Å². The highest BCUT2D eigenvalue weighted by molar-refractivity contribution is 5.96. The van der Waals surface area contributed by atoms with Gasteiger partial charge in [0.1, 0.15) is 5.65 Å². The van der Waals surface area contributed by atoms with Gasteiger partial charge in [-0.25, -0.2) is 14.8 Å². The van der Waals surface area contributed by atoms with Gasteiger partial charge in [-0.1, -0.05) is 6.07 Å². The maximum absolute atomic E-state index is 12.4. The summed E-state index contributed by atoms with van der Waals surface area (Å²) in [6.07, 6.45) is 2.94. The van der Waals surface area contributed by atoms with Crippen LogP contribution in [0.3, 0.4) is 0 Å². The summed E-state index contributed by atoms with van der Waals surface area (Å²) in [5, 5.41) is 2.94. The van der Waals surface area contributed by atoms with Gasteiger partial charge in [-0.15, -0.1) is 0 Å². The third-order valence-electron chi connectivity index (χ3n) is 4.02. The van der Waals surface area contributed by atoms with Crippen molar-refractivity contribution in [1.82, 2.24) is 24.4 Å². The zero-order valence-corrected chi connectivity index (χ0v) is 14.5. The molecule has 0 aliphatic carbocycles. The summed E-state index contributed by atoms with van der Waals surface area (Å²) in [6, 6.07) is 4.92. The largest absolute Gasteiger partial charge is 0.481 e. The number of amides is 1. The molecular weight excluding hydrogens is 338 g/mol. The molecule has 134 valence electrons. The molecule has 0 fully saturated rings. The first-order valence-corrected chi connectivity index (χ1v) is 7.75. The number of nitrogens with one attached hydrogen (secondary N) is 1. The molecule has 9 nitrogen and oxygen atoms in total. The van der Waals surface area contributed by atoms with Crippen molar-refractivity contribution in [3.63, 3.8) is 0 Å². The number of aromatic nitrogens is 4. The fraction of sp³-hybridized carbons (Fsp3) is 0.235. The van der Waals surface area contributed by atoms with Crippen LogP contribution >= 0.6 is 0 Å². The van der Waals surface area contributed by atoms with Crippen molar-refractivity contribution in [3.05, 3.63) is 62.6 Å². The molecule has 0 aliphatic rings. The smallest absolute Gasteiger partial charge is 0.332 e. The minimum atomic E-state index is -0.496. The quantitative estimate of drug-likeness (QED) is 0.704. The summed E-state index contributed by atoms with van der Waals surface area (Å²) in [6.45, 7) is 0.263. The Hall–Kier alpha value is -3.49. The molecule has 0 saturated heterocycles. The first-order valence-electron chi connectivity index (χ1n) is 7.75. The predicted octanol–water partition coefficient (Wildman–Crippen LogP) is -0.0342. The van der Waals surface area contributed by atoms with E-state index in [0.29, 0.717) is 5.88 Å². The number of methoxy groups -OCH3 is 1. The van der Waals surface area contributed by atoms with E-state index in [4.69, 9.17) is 4.74 Å². The van der Waals surface area contributed by atoms with Crippen LogP contribution in [0.4, 0.5) is 0 Å². The Morgan fingerprint density at radius 3 is 2.58 bits per heavy atom. The molecule has 1 N–H and O–H groups in total. The fourth-order valence-corrected chi connectivity index (χ4v) is 2.51. The molecule has 3 aromatic heterocycles. The third-order valence-corrected chi connectivity index (χ3v) is 4.02. The highest BCUT2D eigenvalue weighted by Crippen LogP contribution is 2.09. The van der Waals surface area contributed by atoms with E-state index < -0.39 is 11.2 Å². The number of nitrogens with zero attached hydrogens (tertiary/aromatic N) is 4. The summed E-state index contributed by atoms with van der Waals surface area (Å²) in [4.78, 5) is 44.7. The second-order valence-electron chi connectivity index (χ2n) is 5.69. The van der Waals surface area contributed by atoms with Gasteiger partial charge in [0.05, 0.1) is 18.1 Å². The molecule has 3 heterocycles. The number of hydrogen-bond donors (Lipinski definition) is 1. The second-order valence-corrected chi connectivity index (χ2v) is 5.69. The van der Waals surface area contributed by atoms with Crippen molar-refractivity contribution in [3.8, 4) is 5.88 Å². The zero-order valence-electron chi connectivity index (χ0n) is 14.5. The summed E-state index contributed by atoms with van der Waals surface area (Å²) < 4.78 is 7.23. The van der Waals surface area contributed by atoms with Crippen molar-refractivity contribution in [2.24, 2.45) is 14.1 Å². The molecule has 0 aliphatic heterocycles. The molecule has 0 bridgehead atoms. The molecule has 3 aromatic rings. The standard InChI is InChI=1S/C17H17N5O4/c1-21-14-12(16(24)22(2)17(21)25)6-11(9-19-14)15(23)20-8-10-4-5-13(26-3)18-7-10/h4-7,9H,8H2,1-3H3,(H,20,23). The summed E-state index contributed by atoms with van der Waals surface area (Å²) in [7, 11) is 4.43. The maximum Gasteiger partial charge on any atom is 0.332 e. The van der Waals surface area contributed by atoms with Crippen LogP contribution in [-0.4, -0.2) is 32.1 Å². The third kappa shape index (κ3) is 3.06. The highest BCUT2D eigenvalue weighted by Gasteiger charge is 2.13. The maximum atomic E-state index is 12.4. The Morgan fingerprint density at radius 1 is 1.15 bits per heavy atom. The Labute approximate surface area is 147 Å². The van der Waals surface area contributed by atoms with Gasteiger partial charge in [0, 0.05) is 39.1 Å². The van der Waals surface area contributed by atoms with Crippen LogP contribution in [-0.2, 0) is 20.6 Å². The van der Waals surface area contributed by atoms with E-state index in [1.807, 2.05) is 0 Å². The molecule has 0 spiro atoms. The number of fused-ring (bicyclic) bond motifs is 1. The highest BCUT2D eigenvalue weighted by atomic mass is 16.5. The summed E-state index contributed by atoms with van der Waals surface area (Å²) in [5.41, 5.74) is 0.291. The molecule has 9 heteroatoms. The monoisotopic (exact) mass is 355 g/mol. The minimum absolute atomic E-state index is 0.202. The van der Waals surface area contributed by atoms with Crippen molar-refractivity contribution < 1.29 is 9.53 Å². The summed E-state index contributed by atoms with van der Waals surface area (Å²) in [5.74, 6) is 0.103. The number of aryl methyl sites for hydroxylation is 1. The van der Waals surface area contributed by atoms with Gasteiger partial charge in [-0.05, 0) is 11.6 Å². The average Bonchev–Trinajstić information content (AvgIpc) is 2.68. The molecule has 0 aromatic carbocycles. The van der Waals surface area contributed by atoms with Crippen LogP contribution in [0, 0.1) is 0 Å². The van der Waals surface area contributed by atoms with Gasteiger partial charge in [-0.2, -0.15) is 0 Å². The first-order chi connectivity index (χ1) is 12.4. The van der Waals surface area contributed by atoms with E-state index >= 15 is 0 Å². The van der Waals surface area contributed by atoms with Gasteiger partial charge in [0.2, 0.25) is 5.88 Å². The Bertz CT molecular complexity index is 1100. The van der Waals surface area contributed by atoms with Crippen molar-refractivity contribution in [2.75, 3.05) is 7.11 Å². The van der Waals surface area contributed by atoms with E-state index in [-0.39, 0.29) is 29.0 Å². The zero-order chi connectivity index (χ0) is 18.8. The lowest BCUT2D eigenvalue weighted by Gasteiger charge is -2.09. The molecule has 0 saturated carbocycles. The molecule has 0 unspecified atom stereocenters. The van der Waals surface area contributed by atoms with E-state index in [0.717, 1.165) is 10.1 Å². The van der Waals surface area contributed by atoms with Crippen LogP contribution in [0.1, 0.15) is 15.9 Å². The molecule has 0 atom stereocenters. The second kappa shape index (κ2) is 6.79. The number of carbonyl (C=O) groups excluding carboxylic acids is 1. The van der Waals surface area contributed by atoms with E-state index in [9.17, 15) is 14.4 Å². The van der Waals surface area contributed by atoms with Gasteiger partial charge < -0.3 is 10.1 Å². The average molecular weight is 355 g/mol. The molecule has 1 amide bonds. The van der Waals surface area contributed by atoms with Gasteiger partial charge >= 0.3 is 5.69 Å². The van der Waals surface area contributed by atoms with Gasteiger partial charge in [0.25, 0.3) is 11.5 Å². The van der Waals surface area contributed by atoms with Crippen molar-refractivity contribution in [1.29, 1.82) is 0 Å². The molecule has 26 heavy (non-hydrogen) atoms. The van der Waals surface area contributed by atoms with Gasteiger partial charge in [-0.3, -0.25) is 18.7 Å². The van der Waals surface area contributed by atoms with Crippen LogP contribution in [0.15, 0.2) is 40.2 Å².